The zero-order chi connectivity index (χ0) is 11.1. The topological polar surface area (TPSA) is 61.4 Å². The van der Waals surface area contributed by atoms with Gasteiger partial charge in [-0.1, -0.05) is 30.3 Å². The molecule has 0 aliphatic carbocycles. The van der Waals surface area contributed by atoms with E-state index in [9.17, 15) is 9.90 Å². The van der Waals surface area contributed by atoms with E-state index in [4.69, 9.17) is 0 Å². The van der Waals surface area contributed by atoms with Crippen molar-refractivity contribution in [3.63, 3.8) is 0 Å². The van der Waals surface area contributed by atoms with E-state index in [2.05, 4.69) is 10.6 Å². The molecule has 15 heavy (non-hydrogen) atoms. The van der Waals surface area contributed by atoms with E-state index in [0.717, 1.165) is 5.56 Å². The van der Waals surface area contributed by atoms with E-state index in [-0.39, 0.29) is 19.0 Å². The highest BCUT2D eigenvalue weighted by atomic mass is 16.3. The van der Waals surface area contributed by atoms with Gasteiger partial charge in [-0.15, -0.1) is 0 Å². The molecule has 0 aliphatic heterocycles. The van der Waals surface area contributed by atoms with Crippen LogP contribution in [0, 0.1) is 0 Å². The van der Waals surface area contributed by atoms with E-state index >= 15 is 0 Å². The molecule has 0 fully saturated rings. The number of likely N-dealkylation sites (N-methyl/N-ethyl adjacent to an activating group) is 1. The van der Waals surface area contributed by atoms with Gasteiger partial charge in [0.05, 0.1) is 12.6 Å². The molecule has 0 heterocycles. The van der Waals surface area contributed by atoms with E-state index in [1.165, 1.54) is 0 Å². The molecule has 0 spiro atoms. The number of carbonyl (C=O) groups is 1. The molecule has 1 unspecified atom stereocenters. The summed E-state index contributed by atoms with van der Waals surface area (Å²) >= 11 is 0. The highest BCUT2D eigenvalue weighted by molar-refractivity contribution is 5.77. The minimum Gasteiger partial charge on any atom is -0.387 e. The predicted molar refractivity (Wildman–Crippen MR) is 58.3 cm³/mol. The molecule has 4 heteroatoms. The van der Waals surface area contributed by atoms with Gasteiger partial charge in [-0.05, 0) is 12.6 Å². The van der Waals surface area contributed by atoms with Gasteiger partial charge < -0.3 is 15.7 Å². The first-order valence-corrected chi connectivity index (χ1v) is 4.88. The molecule has 0 aromatic heterocycles. The summed E-state index contributed by atoms with van der Waals surface area (Å²) in [7, 11) is 1.70. The second-order valence-electron chi connectivity index (χ2n) is 3.26. The van der Waals surface area contributed by atoms with Crippen LogP contribution in [0.15, 0.2) is 30.3 Å². The lowest BCUT2D eigenvalue weighted by molar-refractivity contribution is -0.120. The Bertz CT molecular complexity index is 301. The average Bonchev–Trinajstić information content (AvgIpc) is 2.27. The summed E-state index contributed by atoms with van der Waals surface area (Å²) in [6.07, 6.45) is -0.646. The van der Waals surface area contributed by atoms with Crippen LogP contribution in [0.5, 0.6) is 0 Å². The van der Waals surface area contributed by atoms with Gasteiger partial charge in [0.25, 0.3) is 0 Å². The number of hydrogen-bond acceptors (Lipinski definition) is 3. The van der Waals surface area contributed by atoms with Crippen LogP contribution in [0.1, 0.15) is 11.7 Å². The third-order valence-electron chi connectivity index (χ3n) is 2.01. The summed E-state index contributed by atoms with van der Waals surface area (Å²) in [5, 5.41) is 15.1. The summed E-state index contributed by atoms with van der Waals surface area (Å²) in [4.78, 5) is 11.1. The lowest BCUT2D eigenvalue weighted by atomic mass is 10.1. The van der Waals surface area contributed by atoms with Crippen LogP contribution in [-0.4, -0.2) is 31.2 Å². The number of carbonyl (C=O) groups excluding carboxylic acids is 1. The Morgan fingerprint density at radius 1 is 1.40 bits per heavy atom. The van der Waals surface area contributed by atoms with Crippen molar-refractivity contribution >= 4 is 5.91 Å². The van der Waals surface area contributed by atoms with Crippen molar-refractivity contribution < 1.29 is 9.90 Å². The van der Waals surface area contributed by atoms with Gasteiger partial charge in [-0.3, -0.25) is 4.79 Å². The Morgan fingerprint density at radius 2 is 2.07 bits per heavy atom. The standard InChI is InChI=1S/C11H16N2O2/c1-12-8-11(15)13-7-10(14)9-5-3-2-4-6-9/h2-6,10,12,14H,7-8H2,1H3,(H,13,15). The highest BCUT2D eigenvalue weighted by Gasteiger charge is 2.07. The normalized spacial score (nSPS) is 12.1. The van der Waals surface area contributed by atoms with Crippen LogP contribution < -0.4 is 10.6 Å². The molecular formula is C11H16N2O2. The van der Waals surface area contributed by atoms with Gasteiger partial charge >= 0.3 is 0 Å². The first-order valence-electron chi connectivity index (χ1n) is 4.88. The fourth-order valence-electron chi connectivity index (χ4n) is 1.23. The van der Waals surface area contributed by atoms with Gasteiger partial charge in [0.15, 0.2) is 0 Å². The molecule has 1 amide bonds. The molecule has 0 saturated heterocycles. The predicted octanol–water partition coefficient (Wildman–Crippen LogP) is 0.0556. The second kappa shape index (κ2) is 6.16. The van der Waals surface area contributed by atoms with E-state index in [0.29, 0.717) is 0 Å². The van der Waals surface area contributed by atoms with E-state index < -0.39 is 6.10 Å². The van der Waals surface area contributed by atoms with Crippen LogP contribution in [0.3, 0.4) is 0 Å². The number of hydrogen-bond donors (Lipinski definition) is 3. The maximum absolute atomic E-state index is 11.1. The van der Waals surface area contributed by atoms with Crippen LogP contribution in [-0.2, 0) is 4.79 Å². The fraction of sp³-hybridized carbons (Fsp3) is 0.364. The Kier molecular flexibility index (Phi) is 4.80. The van der Waals surface area contributed by atoms with Crippen molar-refractivity contribution in [2.45, 2.75) is 6.10 Å². The second-order valence-corrected chi connectivity index (χ2v) is 3.26. The van der Waals surface area contributed by atoms with Gasteiger partial charge in [0, 0.05) is 6.54 Å². The zero-order valence-electron chi connectivity index (χ0n) is 8.73. The SMILES string of the molecule is CNCC(=O)NCC(O)c1ccccc1. The number of benzene rings is 1. The molecule has 0 bridgehead atoms. The van der Waals surface area contributed by atoms with Crippen molar-refractivity contribution in [1.29, 1.82) is 0 Å². The third kappa shape index (κ3) is 4.10. The molecule has 1 rings (SSSR count). The van der Waals surface area contributed by atoms with E-state index in [1.54, 1.807) is 7.05 Å². The van der Waals surface area contributed by atoms with Crippen molar-refractivity contribution in [3.05, 3.63) is 35.9 Å². The highest BCUT2D eigenvalue weighted by Crippen LogP contribution is 2.10. The largest absolute Gasteiger partial charge is 0.387 e. The van der Waals surface area contributed by atoms with Gasteiger partial charge in [-0.2, -0.15) is 0 Å². The van der Waals surface area contributed by atoms with Crippen molar-refractivity contribution in [3.8, 4) is 0 Å². The third-order valence-corrected chi connectivity index (χ3v) is 2.01. The number of aliphatic hydroxyl groups is 1. The summed E-state index contributed by atoms with van der Waals surface area (Å²) in [5.74, 6) is -0.118. The van der Waals surface area contributed by atoms with Crippen LogP contribution in [0.25, 0.3) is 0 Å². The molecule has 1 atom stereocenters. The first-order chi connectivity index (χ1) is 7.24. The minimum atomic E-state index is -0.646. The molecule has 3 N–H and O–H groups in total. The Hall–Kier alpha value is -1.39. The molecule has 4 nitrogen and oxygen atoms in total. The minimum absolute atomic E-state index is 0.118. The maximum Gasteiger partial charge on any atom is 0.234 e. The lowest BCUT2D eigenvalue weighted by Gasteiger charge is -2.11. The average molecular weight is 208 g/mol. The van der Waals surface area contributed by atoms with Gasteiger partial charge in [0.2, 0.25) is 5.91 Å². The number of rotatable bonds is 5. The van der Waals surface area contributed by atoms with Crippen LogP contribution >= 0.6 is 0 Å². The Balaban J connectivity index is 2.37. The lowest BCUT2D eigenvalue weighted by Crippen LogP contribution is -2.34. The molecular weight excluding hydrogens is 192 g/mol. The molecule has 0 radical (unpaired) electrons. The number of aliphatic hydroxyl groups excluding tert-OH is 1. The van der Waals surface area contributed by atoms with Gasteiger partial charge in [0.1, 0.15) is 0 Å². The molecule has 1 aromatic carbocycles. The van der Waals surface area contributed by atoms with Crippen LogP contribution in [0.2, 0.25) is 0 Å². The zero-order valence-corrected chi connectivity index (χ0v) is 8.73. The Morgan fingerprint density at radius 3 is 2.67 bits per heavy atom. The maximum atomic E-state index is 11.1. The molecule has 82 valence electrons. The van der Waals surface area contributed by atoms with E-state index in [1.807, 2.05) is 30.3 Å². The van der Waals surface area contributed by atoms with Crippen molar-refractivity contribution in [2.24, 2.45) is 0 Å². The summed E-state index contributed by atoms with van der Waals surface area (Å²) in [5.41, 5.74) is 0.808. The Labute approximate surface area is 89.3 Å². The van der Waals surface area contributed by atoms with Crippen molar-refractivity contribution in [2.75, 3.05) is 20.1 Å². The monoisotopic (exact) mass is 208 g/mol. The summed E-state index contributed by atoms with van der Waals surface area (Å²) in [6, 6.07) is 9.25. The van der Waals surface area contributed by atoms with Gasteiger partial charge in [-0.25, -0.2) is 0 Å². The molecule has 0 saturated carbocycles. The number of nitrogens with one attached hydrogen (secondary N) is 2. The summed E-state index contributed by atoms with van der Waals surface area (Å²) in [6.45, 7) is 0.506. The number of amides is 1. The quantitative estimate of drug-likeness (QED) is 0.641. The molecule has 1 aromatic rings. The first kappa shape index (κ1) is 11.7. The summed E-state index contributed by atoms with van der Waals surface area (Å²) < 4.78 is 0. The fourth-order valence-corrected chi connectivity index (χ4v) is 1.23. The van der Waals surface area contributed by atoms with Crippen molar-refractivity contribution in [1.82, 2.24) is 10.6 Å². The smallest absolute Gasteiger partial charge is 0.234 e. The van der Waals surface area contributed by atoms with Crippen LogP contribution in [0.4, 0.5) is 0 Å². The molecule has 0 aliphatic rings.